The predicted molar refractivity (Wildman–Crippen MR) is 247 cm³/mol. The van der Waals surface area contributed by atoms with Crippen LogP contribution in [0.3, 0.4) is 0 Å². The normalized spacial score (nSPS) is 21.3. The highest BCUT2D eigenvalue weighted by Gasteiger charge is 2.40. The Hall–Kier alpha value is -6.24. The number of imide groups is 1. The number of amides is 3. The summed E-state index contributed by atoms with van der Waals surface area (Å²) in [6, 6.07) is 17.8. The quantitative estimate of drug-likeness (QED) is 0.0970. The Labute approximate surface area is 387 Å². The number of benzene rings is 3. The van der Waals surface area contributed by atoms with Crippen molar-refractivity contribution in [1.82, 2.24) is 29.4 Å². The van der Waals surface area contributed by atoms with Crippen LogP contribution < -0.4 is 19.7 Å². The lowest BCUT2D eigenvalue weighted by atomic mass is 9.87. The van der Waals surface area contributed by atoms with E-state index in [2.05, 4.69) is 54.1 Å². The van der Waals surface area contributed by atoms with E-state index in [0.29, 0.717) is 41.4 Å². The Bertz CT molecular complexity index is 2880. The monoisotopic (exact) mass is 934 g/mol. The number of anilines is 2. The first kappa shape index (κ1) is 44.6. The van der Waals surface area contributed by atoms with Crippen LogP contribution >= 0.6 is 0 Å². The molecule has 5 aromatic rings. The fourth-order valence-electron chi connectivity index (χ4n) is 10.6. The maximum Gasteiger partial charge on any atom is 0.301 e. The zero-order chi connectivity index (χ0) is 46.6. The van der Waals surface area contributed by atoms with Gasteiger partial charge in [0.25, 0.3) is 5.91 Å². The number of hydrogen-bond acceptors (Lipinski definition) is 10. The molecule has 4 saturated heterocycles. The van der Waals surface area contributed by atoms with Gasteiger partial charge in [0.05, 0.1) is 12.8 Å². The van der Waals surface area contributed by atoms with E-state index in [-0.39, 0.29) is 54.7 Å². The summed E-state index contributed by atoms with van der Waals surface area (Å²) in [6.07, 6.45) is 6.82. The Morgan fingerprint density at radius 3 is 2.40 bits per heavy atom. The zero-order valence-corrected chi connectivity index (χ0v) is 37.9. The highest BCUT2D eigenvalue weighted by molar-refractivity contribution is 7.90. The van der Waals surface area contributed by atoms with Crippen molar-refractivity contribution in [3.8, 4) is 16.9 Å². The number of likely N-dealkylation sites (tertiary alicyclic amines) is 1. The van der Waals surface area contributed by atoms with Crippen LogP contribution in [0, 0.1) is 11.7 Å². The molecule has 5 aliphatic heterocycles. The summed E-state index contributed by atoms with van der Waals surface area (Å²) in [7, 11) is -2.99. The summed E-state index contributed by atoms with van der Waals surface area (Å²) >= 11 is 0. The second-order valence-corrected chi connectivity index (χ2v) is 20.0. The van der Waals surface area contributed by atoms with Crippen LogP contribution in [0.5, 0.6) is 5.75 Å². The molecular weight excluding hydrogens is 883 g/mol. The van der Waals surface area contributed by atoms with E-state index in [4.69, 9.17) is 4.74 Å². The molecule has 3 aromatic carbocycles. The number of aromatic amines is 1. The standard InChI is InChI=1S/C49H52F2N8O7S/c1-66-46-41(55-67(64,65)58-21-16-35(50)28-58)9-8-40(51)44(46)45(61)39-25-53-47-38(39)23-33(24-52-47)30-2-5-36(6-3-30)57-19-12-29(13-20-57)26-56-17-14-31(15-18-56)32-4-7-37-34(22-32)27-59(49(37)63)42-10-11-43(60)54-48(42)62/h2-9,22-25,29,31,35,42,55H,10-21,26-28H2,1H3,(H,52,53)(H,54,60,62)/t35-,42+/m1/s1. The number of methoxy groups -OCH3 is 1. The third-order valence-corrected chi connectivity index (χ3v) is 15.8. The maximum absolute atomic E-state index is 15.5. The van der Waals surface area contributed by atoms with Gasteiger partial charge in [-0.3, -0.25) is 29.2 Å². The smallest absolute Gasteiger partial charge is 0.301 e. The van der Waals surface area contributed by atoms with E-state index in [1.165, 1.54) is 24.9 Å². The number of nitrogens with zero attached hydrogens (tertiary/aromatic N) is 5. The van der Waals surface area contributed by atoms with Crippen molar-refractivity contribution in [3.63, 3.8) is 0 Å². The highest BCUT2D eigenvalue weighted by Crippen LogP contribution is 2.38. The molecule has 350 valence electrons. The summed E-state index contributed by atoms with van der Waals surface area (Å²) < 4.78 is 64.1. The number of fused-ring (bicyclic) bond motifs is 2. The van der Waals surface area contributed by atoms with E-state index in [9.17, 15) is 32.0 Å². The van der Waals surface area contributed by atoms with Crippen LogP contribution in [0.15, 0.2) is 73.1 Å². The molecule has 2 aromatic heterocycles. The van der Waals surface area contributed by atoms with E-state index < -0.39 is 45.5 Å². The molecule has 4 fully saturated rings. The lowest BCUT2D eigenvalue weighted by Gasteiger charge is -2.38. The van der Waals surface area contributed by atoms with Crippen molar-refractivity contribution >= 4 is 56.1 Å². The lowest BCUT2D eigenvalue weighted by Crippen LogP contribution is -2.52. The van der Waals surface area contributed by atoms with Gasteiger partial charge in [-0.2, -0.15) is 12.7 Å². The molecule has 0 radical (unpaired) electrons. The average Bonchev–Trinajstić information content (AvgIpc) is 4.06. The van der Waals surface area contributed by atoms with Gasteiger partial charge in [-0.05, 0) is 117 Å². The second-order valence-electron chi connectivity index (χ2n) is 18.4. The van der Waals surface area contributed by atoms with Gasteiger partial charge < -0.3 is 24.4 Å². The molecule has 0 bridgehead atoms. The van der Waals surface area contributed by atoms with Gasteiger partial charge >= 0.3 is 10.2 Å². The van der Waals surface area contributed by atoms with Crippen LogP contribution in [-0.2, 0) is 26.3 Å². The van der Waals surface area contributed by atoms with Gasteiger partial charge in [-0.25, -0.2) is 13.8 Å². The molecule has 18 heteroatoms. The van der Waals surface area contributed by atoms with E-state index in [0.717, 1.165) is 91.2 Å². The molecule has 2 atom stereocenters. The minimum absolute atomic E-state index is 0.00871. The molecule has 0 unspecified atom stereocenters. The Morgan fingerprint density at radius 2 is 1.69 bits per heavy atom. The molecule has 67 heavy (non-hydrogen) atoms. The third-order valence-electron chi connectivity index (χ3n) is 14.3. The second kappa shape index (κ2) is 18.1. The minimum atomic E-state index is -4.20. The lowest BCUT2D eigenvalue weighted by molar-refractivity contribution is -0.136. The number of carbonyl (C=O) groups is 4. The molecule has 3 amide bonds. The van der Waals surface area contributed by atoms with Gasteiger partial charge in [-0.1, -0.05) is 24.3 Å². The molecule has 0 spiro atoms. The first-order chi connectivity index (χ1) is 32.3. The van der Waals surface area contributed by atoms with Crippen LogP contribution in [0.4, 0.5) is 20.2 Å². The molecule has 7 heterocycles. The van der Waals surface area contributed by atoms with E-state index >= 15 is 4.39 Å². The van der Waals surface area contributed by atoms with Crippen LogP contribution in [-0.4, -0.2) is 121 Å². The topological polar surface area (TPSA) is 177 Å². The summed E-state index contributed by atoms with van der Waals surface area (Å²) in [5.74, 6) is -1.72. The van der Waals surface area contributed by atoms with Crippen molar-refractivity contribution in [1.29, 1.82) is 0 Å². The van der Waals surface area contributed by atoms with Gasteiger partial charge in [0.15, 0.2) is 5.75 Å². The number of ketones is 1. The van der Waals surface area contributed by atoms with Crippen molar-refractivity contribution in [2.75, 3.05) is 62.5 Å². The molecule has 10 rings (SSSR count). The Kier molecular flexibility index (Phi) is 12.0. The van der Waals surface area contributed by atoms with E-state index in [1.54, 1.807) is 11.1 Å². The number of alkyl halides is 1. The number of aromatic nitrogens is 2. The van der Waals surface area contributed by atoms with Crippen LogP contribution in [0.2, 0.25) is 0 Å². The fraction of sp³-hybridized carbons (Fsp3) is 0.408. The minimum Gasteiger partial charge on any atom is -0.494 e. The number of H-pyrrole nitrogens is 1. The first-order valence-electron chi connectivity index (χ1n) is 23.0. The summed E-state index contributed by atoms with van der Waals surface area (Å²) in [6.45, 7) is 5.10. The fourth-order valence-corrected chi connectivity index (χ4v) is 11.8. The van der Waals surface area contributed by atoms with Gasteiger partial charge in [0, 0.05) is 85.8 Å². The number of pyridine rings is 1. The Morgan fingerprint density at radius 1 is 0.910 bits per heavy atom. The van der Waals surface area contributed by atoms with E-state index in [1.807, 2.05) is 24.3 Å². The summed E-state index contributed by atoms with van der Waals surface area (Å²) in [5.41, 5.74) is 5.57. The van der Waals surface area contributed by atoms with Crippen molar-refractivity contribution in [2.45, 2.75) is 69.6 Å². The number of carbonyl (C=O) groups excluding carboxylic acids is 4. The van der Waals surface area contributed by atoms with Crippen LogP contribution in [0.1, 0.15) is 88.3 Å². The molecule has 0 saturated carbocycles. The van der Waals surface area contributed by atoms with Crippen molar-refractivity contribution in [3.05, 3.63) is 107 Å². The maximum atomic E-state index is 15.5. The number of halogens is 2. The molecular formula is C49H52F2N8O7S. The number of rotatable bonds is 12. The average molecular weight is 935 g/mol. The number of hydrogen-bond donors (Lipinski definition) is 3. The molecule has 0 aliphatic carbocycles. The van der Waals surface area contributed by atoms with Crippen molar-refractivity contribution in [2.24, 2.45) is 5.92 Å². The van der Waals surface area contributed by atoms with Gasteiger partial charge in [-0.15, -0.1) is 0 Å². The predicted octanol–water partition coefficient (Wildman–Crippen LogP) is 6.17. The van der Waals surface area contributed by atoms with Gasteiger partial charge in [0.1, 0.15) is 29.2 Å². The molecule has 3 N–H and O–H groups in total. The van der Waals surface area contributed by atoms with Crippen molar-refractivity contribution < 1.29 is 41.1 Å². The van der Waals surface area contributed by atoms with Gasteiger partial charge in [0.2, 0.25) is 17.6 Å². The number of piperidine rings is 3. The highest BCUT2D eigenvalue weighted by atomic mass is 32.2. The SMILES string of the molecule is COc1c(NS(=O)(=O)N2CC[C@@H](F)C2)ccc(F)c1C(=O)c1c[nH]c2ncc(-c3ccc(N4CCC(CN5CCC(c6ccc7c(c6)CN([C@H]6CCC(=O)NC6=O)C7=O)CC5)CC4)cc3)cc12. The number of nitrogens with one attached hydrogen (secondary N) is 3. The zero-order valence-electron chi connectivity index (χ0n) is 37.1. The molecule has 15 nitrogen and oxygen atoms in total. The third kappa shape index (κ3) is 8.77. The first-order valence-corrected chi connectivity index (χ1v) is 24.4. The largest absolute Gasteiger partial charge is 0.494 e. The summed E-state index contributed by atoms with van der Waals surface area (Å²) in [4.78, 5) is 65.6. The van der Waals surface area contributed by atoms with Crippen LogP contribution in [0.25, 0.3) is 22.2 Å². The Balaban J connectivity index is 0.736. The number of ether oxygens (including phenoxy) is 1. The molecule has 5 aliphatic rings. The summed E-state index contributed by atoms with van der Waals surface area (Å²) in [5, 5.41) is 2.83.